The van der Waals surface area contributed by atoms with Crippen LogP contribution in [0.25, 0.3) is 0 Å². The van der Waals surface area contributed by atoms with Crippen LogP contribution in [-0.4, -0.2) is 57.0 Å². The van der Waals surface area contributed by atoms with Gasteiger partial charge in [-0.1, -0.05) is 35.8 Å². The van der Waals surface area contributed by atoms with E-state index in [9.17, 15) is 10.2 Å². The minimum absolute atomic E-state index is 0. The second-order valence-corrected chi connectivity index (χ2v) is 9.73. The number of hydrogen-bond acceptors (Lipinski definition) is 12. The maximum absolute atomic E-state index is 12.7. The Kier molecular flexibility index (Phi) is 22.9. The van der Waals surface area contributed by atoms with Gasteiger partial charge in [-0.15, -0.1) is 10.2 Å². The molecule has 0 unspecified atom stereocenters. The first-order valence-electron chi connectivity index (χ1n) is 12.7. The largest absolute Gasteiger partial charge is 2.00 e. The third kappa shape index (κ3) is 21.0. The SMILES string of the molecule is CC(=O)[O-].Cc1cc2c([O-])c(c1)C=NCCCCN=Cc1cc(C)cc(c1[O-])C=NCCCCN=C2.[O-][Cl+3]([O-])([O-])[O-].[Zn+2].[Zn+2]. The number of aliphatic carboxylic acids is 1. The summed E-state index contributed by atoms with van der Waals surface area (Å²) in [7, 11) is -4.94. The van der Waals surface area contributed by atoms with Crippen molar-refractivity contribution >= 4 is 30.8 Å². The Morgan fingerprint density at radius 2 is 0.791 bits per heavy atom. The average Bonchev–Trinajstić information content (AvgIpc) is 2.85. The zero-order chi connectivity index (χ0) is 30.8. The fourth-order valence-corrected chi connectivity index (χ4v) is 3.51. The Morgan fingerprint density at radius 3 is 0.977 bits per heavy atom. The van der Waals surface area contributed by atoms with Crippen molar-refractivity contribution < 1.29 is 87.9 Å². The van der Waals surface area contributed by atoms with Crippen molar-refractivity contribution in [1.82, 2.24) is 0 Å². The summed E-state index contributed by atoms with van der Waals surface area (Å²) in [6, 6.07) is 7.45. The van der Waals surface area contributed by atoms with Gasteiger partial charge < -0.3 is 20.1 Å². The van der Waals surface area contributed by atoms with Crippen LogP contribution in [0.1, 0.15) is 66.0 Å². The van der Waals surface area contributed by atoms with Gasteiger partial charge in [-0.25, -0.2) is 18.6 Å². The zero-order valence-electron chi connectivity index (χ0n) is 24.6. The molecule has 0 N–H and O–H groups in total. The Morgan fingerprint density at radius 1 is 0.605 bits per heavy atom. The van der Waals surface area contributed by atoms with Crippen LogP contribution in [0, 0.1) is 24.1 Å². The topological polar surface area (TPSA) is 228 Å². The van der Waals surface area contributed by atoms with Crippen LogP contribution in [0.3, 0.4) is 0 Å². The number of nitrogens with zero attached hydrogens (tertiary/aromatic N) is 4. The third-order valence-electron chi connectivity index (χ3n) is 5.15. The molecule has 0 fully saturated rings. The molecule has 2 aromatic rings. The number of halogens is 1. The fourth-order valence-electron chi connectivity index (χ4n) is 3.51. The molecular weight excluding hydrogens is 687 g/mol. The number of rotatable bonds is 0. The fraction of sp³-hybridized carbons (Fsp3) is 0.393. The molecule has 12 nitrogen and oxygen atoms in total. The van der Waals surface area contributed by atoms with Gasteiger partial charge in [0.1, 0.15) is 0 Å². The van der Waals surface area contributed by atoms with Gasteiger partial charge in [-0.3, -0.25) is 20.0 Å². The predicted molar refractivity (Wildman–Crippen MR) is 140 cm³/mol. The predicted octanol–water partition coefficient (Wildman–Crippen LogP) is -2.60. The Balaban J connectivity index is 0. The maximum atomic E-state index is 12.7. The van der Waals surface area contributed by atoms with Crippen molar-refractivity contribution in [3.05, 3.63) is 57.6 Å². The molecule has 0 atom stereocenters. The summed E-state index contributed by atoms with van der Waals surface area (Å²) in [5.41, 5.74) is 4.42. The molecule has 0 spiro atoms. The minimum Gasteiger partial charge on any atom is -0.872 e. The molecule has 3 rings (SSSR count). The number of carboxylic acid groups (broad SMARTS) is 1. The Bertz CT molecular complexity index is 1080. The number of carbonyl (C=O) groups excluding carboxylic acids is 1. The molecule has 0 saturated carbocycles. The van der Waals surface area contributed by atoms with Crippen LogP contribution in [0.5, 0.6) is 11.5 Å². The molecule has 0 amide bonds. The number of carboxylic acids is 1. The van der Waals surface area contributed by atoms with E-state index in [1.54, 1.807) is 24.9 Å². The van der Waals surface area contributed by atoms with E-state index in [1.165, 1.54) is 0 Å². The number of benzene rings is 2. The van der Waals surface area contributed by atoms with Crippen LogP contribution in [-0.2, 0) is 43.8 Å². The number of carbonyl (C=O) groups is 1. The summed E-state index contributed by atoms with van der Waals surface area (Å²) >= 11 is 0. The van der Waals surface area contributed by atoms with Crippen molar-refractivity contribution in [2.45, 2.75) is 46.5 Å². The minimum atomic E-state index is -4.94. The number of hydrogen-bond donors (Lipinski definition) is 0. The summed E-state index contributed by atoms with van der Waals surface area (Å²) in [5.74, 6) is -1.16. The van der Waals surface area contributed by atoms with E-state index in [1.807, 2.05) is 38.1 Å². The number of aliphatic imine (C=N–C) groups is 4. The molecule has 2 aromatic carbocycles. The van der Waals surface area contributed by atoms with Crippen LogP contribution >= 0.6 is 0 Å². The summed E-state index contributed by atoms with van der Waals surface area (Å²) < 4.78 is 34.0. The van der Waals surface area contributed by atoms with E-state index < -0.39 is 16.2 Å². The van der Waals surface area contributed by atoms with Crippen molar-refractivity contribution in [2.24, 2.45) is 20.0 Å². The summed E-state index contributed by atoms with van der Waals surface area (Å²) in [6.45, 7) is 7.43. The first-order chi connectivity index (χ1) is 19.3. The smallest absolute Gasteiger partial charge is 0.872 e. The van der Waals surface area contributed by atoms with E-state index >= 15 is 0 Å². The van der Waals surface area contributed by atoms with E-state index in [0.717, 1.165) is 43.7 Å². The molecule has 0 aromatic heterocycles. The summed E-state index contributed by atoms with van der Waals surface area (Å²) in [6.07, 6.45) is 10.1. The molecule has 224 valence electrons. The van der Waals surface area contributed by atoms with Gasteiger partial charge in [0.15, 0.2) is 0 Å². The Hall–Kier alpha value is -2.43. The summed E-state index contributed by atoms with van der Waals surface area (Å²) in [4.78, 5) is 26.6. The van der Waals surface area contributed by atoms with Gasteiger partial charge in [0, 0.05) is 57.0 Å². The van der Waals surface area contributed by atoms with Crippen molar-refractivity contribution in [1.29, 1.82) is 0 Å². The third-order valence-corrected chi connectivity index (χ3v) is 5.15. The molecular formula is C28H33ClN4O8Zn2. The molecule has 15 heteroatoms. The van der Waals surface area contributed by atoms with Crippen LogP contribution in [0.15, 0.2) is 44.2 Å². The molecule has 0 aliphatic carbocycles. The Labute approximate surface area is 279 Å². The second-order valence-electron chi connectivity index (χ2n) is 8.97. The van der Waals surface area contributed by atoms with Gasteiger partial charge in [-0.2, -0.15) is 0 Å². The zero-order valence-corrected chi connectivity index (χ0v) is 31.3. The first kappa shape index (κ1) is 42.7. The van der Waals surface area contributed by atoms with Crippen LogP contribution in [0.2, 0.25) is 0 Å². The number of aryl methyl sites for hydroxylation is 2. The van der Waals surface area contributed by atoms with Crippen molar-refractivity contribution in [3.63, 3.8) is 0 Å². The van der Waals surface area contributed by atoms with E-state index in [2.05, 4.69) is 20.0 Å². The molecule has 43 heavy (non-hydrogen) atoms. The molecule has 1 heterocycles. The quantitative estimate of drug-likeness (QED) is 0.262. The van der Waals surface area contributed by atoms with Gasteiger partial charge >= 0.3 is 39.0 Å². The average molecular weight is 720 g/mol. The van der Waals surface area contributed by atoms with Gasteiger partial charge in [0.2, 0.25) is 0 Å². The van der Waals surface area contributed by atoms with Gasteiger partial charge in [0.05, 0.1) is 0 Å². The maximum Gasteiger partial charge on any atom is 2.00 e. The van der Waals surface area contributed by atoms with E-state index in [-0.39, 0.29) is 50.5 Å². The second kappa shape index (κ2) is 23.0. The van der Waals surface area contributed by atoms with Crippen molar-refractivity contribution in [3.8, 4) is 11.5 Å². The number of fused-ring (bicyclic) bond motifs is 4. The van der Waals surface area contributed by atoms with Crippen LogP contribution in [0.4, 0.5) is 0 Å². The van der Waals surface area contributed by atoms with E-state index in [4.69, 9.17) is 28.5 Å². The monoisotopic (exact) mass is 716 g/mol. The molecule has 1 aliphatic heterocycles. The first-order valence-corrected chi connectivity index (χ1v) is 13.9. The standard InChI is InChI=1S/C26H32N4O2.C2H4O2.ClHO4.2Zn/c1-19-11-21-15-27-7-3-5-9-29-17-23-13-20(2)14-24(26(23)32)18-30-10-6-4-8-28-16-22(12-19)25(21)31;1-2(3)4;2-1(3,4)5;;/h11-18,31-32H,3-10H2,1-2H3;1H3,(H,3,4);(H,2,3,4,5);;/q;;;2*+2/p-4. The molecule has 1 aliphatic rings. The van der Waals surface area contributed by atoms with Crippen molar-refractivity contribution in [2.75, 3.05) is 26.2 Å². The van der Waals surface area contributed by atoms with Gasteiger partial charge in [0.25, 0.3) is 0 Å². The summed E-state index contributed by atoms with van der Waals surface area (Å²) in [5, 5.41) is 34.2. The molecule has 0 saturated heterocycles. The molecule has 4 bridgehead atoms. The van der Waals surface area contributed by atoms with E-state index in [0.29, 0.717) is 48.4 Å². The van der Waals surface area contributed by atoms with Crippen LogP contribution < -0.4 is 34.0 Å². The normalized spacial score (nSPS) is 13.7. The molecule has 0 radical (unpaired) electrons. The van der Waals surface area contributed by atoms with Gasteiger partial charge in [-0.05, 0) is 79.8 Å².